The van der Waals surface area contributed by atoms with E-state index in [1.807, 2.05) is 69.3 Å². The molecule has 0 fully saturated rings. The quantitative estimate of drug-likeness (QED) is 0.721. The van der Waals surface area contributed by atoms with E-state index in [2.05, 4.69) is 10.3 Å². The Balaban J connectivity index is 1.65. The van der Waals surface area contributed by atoms with Crippen LogP contribution in [0.4, 0.5) is 5.13 Å². The molecule has 0 spiro atoms. The van der Waals surface area contributed by atoms with E-state index in [9.17, 15) is 4.79 Å². The van der Waals surface area contributed by atoms with Gasteiger partial charge in [0.2, 0.25) is 0 Å². The van der Waals surface area contributed by atoms with Crippen LogP contribution in [0.25, 0.3) is 11.3 Å². The van der Waals surface area contributed by atoms with Crippen molar-refractivity contribution in [3.63, 3.8) is 0 Å². The second-order valence-corrected chi connectivity index (χ2v) is 7.10. The van der Waals surface area contributed by atoms with Crippen molar-refractivity contribution in [1.82, 2.24) is 4.98 Å². The van der Waals surface area contributed by atoms with Gasteiger partial charge in [0.25, 0.3) is 5.91 Å². The maximum atomic E-state index is 12.2. The van der Waals surface area contributed by atoms with Crippen LogP contribution < -0.4 is 10.1 Å². The highest BCUT2D eigenvalue weighted by molar-refractivity contribution is 7.16. The zero-order valence-corrected chi connectivity index (χ0v) is 15.3. The number of thiazole rings is 1. The molecular weight excluding hydrogens is 332 g/mol. The number of aryl methyl sites for hydroxylation is 3. The Hall–Kier alpha value is -2.66. The summed E-state index contributed by atoms with van der Waals surface area (Å²) in [6.45, 7) is 5.92. The molecule has 128 valence electrons. The number of rotatable bonds is 5. The summed E-state index contributed by atoms with van der Waals surface area (Å²) in [6, 6.07) is 15.9. The molecule has 1 aromatic heterocycles. The van der Waals surface area contributed by atoms with Crippen LogP contribution in [0.15, 0.2) is 48.5 Å². The lowest BCUT2D eigenvalue weighted by atomic mass is 10.1. The summed E-state index contributed by atoms with van der Waals surface area (Å²) in [5, 5.41) is 3.41. The van der Waals surface area contributed by atoms with Gasteiger partial charge in [0, 0.05) is 10.4 Å². The van der Waals surface area contributed by atoms with Crippen molar-refractivity contribution in [3.8, 4) is 17.0 Å². The number of nitrogens with zero attached hydrogens (tertiary/aromatic N) is 1. The predicted octanol–water partition coefficient (Wildman–Crippen LogP) is 4.75. The Morgan fingerprint density at radius 2 is 1.88 bits per heavy atom. The molecule has 1 amide bonds. The first kappa shape index (κ1) is 17.2. The van der Waals surface area contributed by atoms with Crippen LogP contribution in [-0.4, -0.2) is 17.5 Å². The molecule has 0 saturated carbocycles. The van der Waals surface area contributed by atoms with E-state index in [1.165, 1.54) is 11.3 Å². The van der Waals surface area contributed by atoms with E-state index in [1.54, 1.807) is 0 Å². The van der Waals surface area contributed by atoms with Crippen LogP contribution in [0, 0.1) is 20.8 Å². The van der Waals surface area contributed by atoms with Gasteiger partial charge in [-0.25, -0.2) is 4.98 Å². The molecule has 0 unspecified atom stereocenters. The predicted molar refractivity (Wildman–Crippen MR) is 102 cm³/mol. The zero-order chi connectivity index (χ0) is 17.8. The minimum absolute atomic E-state index is 0.0381. The smallest absolute Gasteiger partial charge is 0.264 e. The minimum Gasteiger partial charge on any atom is -0.483 e. The molecule has 0 radical (unpaired) electrons. The Morgan fingerprint density at radius 1 is 1.12 bits per heavy atom. The molecular formula is C20H20N2O2S. The van der Waals surface area contributed by atoms with Crippen molar-refractivity contribution in [1.29, 1.82) is 0 Å². The molecule has 1 N–H and O–H groups in total. The number of benzene rings is 2. The number of aromatic nitrogens is 1. The molecule has 5 heteroatoms. The minimum atomic E-state index is -0.214. The Kier molecular flexibility index (Phi) is 5.14. The van der Waals surface area contributed by atoms with Gasteiger partial charge >= 0.3 is 0 Å². The largest absolute Gasteiger partial charge is 0.483 e. The molecule has 4 nitrogen and oxygen atoms in total. The van der Waals surface area contributed by atoms with E-state index in [-0.39, 0.29) is 12.5 Å². The number of carbonyl (C=O) groups is 1. The third-order valence-electron chi connectivity index (χ3n) is 3.79. The van der Waals surface area contributed by atoms with E-state index in [0.717, 1.165) is 33.0 Å². The highest BCUT2D eigenvalue weighted by Crippen LogP contribution is 2.30. The number of ether oxygens (including phenoxy) is 1. The van der Waals surface area contributed by atoms with E-state index < -0.39 is 0 Å². The average molecular weight is 352 g/mol. The van der Waals surface area contributed by atoms with Gasteiger partial charge < -0.3 is 4.74 Å². The molecule has 0 aliphatic rings. The van der Waals surface area contributed by atoms with Crippen molar-refractivity contribution in [2.45, 2.75) is 20.8 Å². The average Bonchev–Trinajstić information content (AvgIpc) is 2.96. The monoisotopic (exact) mass is 352 g/mol. The van der Waals surface area contributed by atoms with E-state index >= 15 is 0 Å². The summed E-state index contributed by atoms with van der Waals surface area (Å²) in [5.74, 6) is 0.518. The summed E-state index contributed by atoms with van der Waals surface area (Å²) in [4.78, 5) is 17.8. The van der Waals surface area contributed by atoms with Crippen LogP contribution in [0.2, 0.25) is 0 Å². The number of amides is 1. The van der Waals surface area contributed by atoms with E-state index in [4.69, 9.17) is 4.74 Å². The second kappa shape index (κ2) is 7.49. The van der Waals surface area contributed by atoms with Gasteiger partial charge in [0.15, 0.2) is 11.7 Å². The summed E-state index contributed by atoms with van der Waals surface area (Å²) < 4.78 is 5.64. The lowest BCUT2D eigenvalue weighted by Crippen LogP contribution is -2.20. The van der Waals surface area contributed by atoms with Crippen LogP contribution >= 0.6 is 11.3 Å². The number of carbonyl (C=O) groups excluding carboxylic acids is 1. The molecule has 0 saturated heterocycles. The lowest BCUT2D eigenvalue weighted by molar-refractivity contribution is -0.118. The maximum Gasteiger partial charge on any atom is 0.264 e. The third-order valence-corrected chi connectivity index (χ3v) is 4.68. The van der Waals surface area contributed by atoms with Gasteiger partial charge in [-0.15, -0.1) is 11.3 Å². The van der Waals surface area contributed by atoms with Gasteiger partial charge in [-0.1, -0.05) is 42.5 Å². The van der Waals surface area contributed by atoms with Crippen LogP contribution in [0.5, 0.6) is 5.75 Å². The van der Waals surface area contributed by atoms with Gasteiger partial charge in [0.1, 0.15) is 5.75 Å². The number of hydrogen-bond donors (Lipinski definition) is 1. The van der Waals surface area contributed by atoms with Gasteiger partial charge in [-0.2, -0.15) is 0 Å². The molecule has 0 aliphatic heterocycles. The normalized spacial score (nSPS) is 10.5. The highest BCUT2D eigenvalue weighted by Gasteiger charge is 2.12. The molecule has 2 aromatic carbocycles. The maximum absolute atomic E-state index is 12.2. The first-order valence-electron chi connectivity index (χ1n) is 8.05. The highest BCUT2D eigenvalue weighted by atomic mass is 32.1. The first-order valence-corrected chi connectivity index (χ1v) is 8.87. The summed E-state index contributed by atoms with van der Waals surface area (Å²) >= 11 is 1.47. The fraction of sp³-hybridized carbons (Fsp3) is 0.200. The van der Waals surface area contributed by atoms with Crippen molar-refractivity contribution < 1.29 is 9.53 Å². The zero-order valence-electron chi connectivity index (χ0n) is 14.5. The first-order chi connectivity index (χ1) is 12.0. The fourth-order valence-electron chi connectivity index (χ4n) is 2.48. The SMILES string of the molecule is Cc1ccc(C)c(OCC(=O)Nc2nc(-c3ccccc3)c(C)s2)c1. The number of anilines is 1. The van der Waals surface area contributed by atoms with Crippen molar-refractivity contribution in [3.05, 3.63) is 64.5 Å². The summed E-state index contributed by atoms with van der Waals surface area (Å²) in [6.07, 6.45) is 0. The lowest BCUT2D eigenvalue weighted by Gasteiger charge is -2.09. The van der Waals surface area contributed by atoms with Crippen LogP contribution in [0.1, 0.15) is 16.0 Å². The molecule has 3 rings (SSSR count). The summed E-state index contributed by atoms with van der Waals surface area (Å²) in [5.41, 5.74) is 4.05. The Labute approximate surface area is 151 Å². The topological polar surface area (TPSA) is 51.2 Å². The van der Waals surface area contributed by atoms with Gasteiger partial charge in [-0.3, -0.25) is 10.1 Å². The molecule has 0 atom stereocenters. The van der Waals surface area contributed by atoms with Gasteiger partial charge in [-0.05, 0) is 38.0 Å². The van der Waals surface area contributed by atoms with Crippen LogP contribution in [0.3, 0.4) is 0 Å². The number of hydrogen-bond acceptors (Lipinski definition) is 4. The van der Waals surface area contributed by atoms with Crippen molar-refractivity contribution in [2.24, 2.45) is 0 Å². The Morgan fingerprint density at radius 3 is 2.64 bits per heavy atom. The molecule has 3 aromatic rings. The molecule has 0 aliphatic carbocycles. The second-order valence-electron chi connectivity index (χ2n) is 5.90. The molecule has 25 heavy (non-hydrogen) atoms. The Bertz CT molecular complexity index is 888. The van der Waals surface area contributed by atoms with E-state index in [0.29, 0.717) is 5.13 Å². The standard InChI is InChI=1S/C20H20N2O2S/c1-13-9-10-14(2)17(11-13)24-12-18(23)21-20-22-19(15(3)25-20)16-7-5-4-6-8-16/h4-11H,12H2,1-3H3,(H,21,22,23). The fourth-order valence-corrected chi connectivity index (χ4v) is 3.33. The third kappa shape index (κ3) is 4.25. The molecule has 0 bridgehead atoms. The van der Waals surface area contributed by atoms with Crippen LogP contribution in [-0.2, 0) is 4.79 Å². The van der Waals surface area contributed by atoms with Crippen molar-refractivity contribution >= 4 is 22.4 Å². The number of nitrogens with one attached hydrogen (secondary N) is 1. The van der Waals surface area contributed by atoms with Gasteiger partial charge in [0.05, 0.1) is 5.69 Å². The summed E-state index contributed by atoms with van der Waals surface area (Å²) in [7, 11) is 0. The van der Waals surface area contributed by atoms with Crippen molar-refractivity contribution in [2.75, 3.05) is 11.9 Å². The molecule has 1 heterocycles.